The first kappa shape index (κ1) is 18.6. The monoisotopic (exact) mass is 420 g/mol. The molecule has 0 amide bonds. The minimum atomic E-state index is -0.283. The number of fused-ring (bicyclic) bond motifs is 3. The van der Waals surface area contributed by atoms with E-state index in [2.05, 4.69) is 6.92 Å². The van der Waals surface area contributed by atoms with E-state index in [0.29, 0.717) is 30.6 Å². The third-order valence-electron chi connectivity index (χ3n) is 5.93. The first-order valence-electron chi connectivity index (χ1n) is 10.1. The van der Waals surface area contributed by atoms with Crippen LogP contribution >= 0.6 is 23.1 Å². The maximum atomic E-state index is 13.6. The van der Waals surface area contributed by atoms with Crippen molar-refractivity contribution in [1.82, 2.24) is 9.55 Å². The van der Waals surface area contributed by atoms with Crippen LogP contribution < -0.4 is 5.56 Å². The van der Waals surface area contributed by atoms with Crippen molar-refractivity contribution in [3.63, 3.8) is 0 Å². The Kier molecular flexibility index (Phi) is 4.97. The van der Waals surface area contributed by atoms with Gasteiger partial charge < -0.3 is 9.47 Å². The fourth-order valence-corrected chi connectivity index (χ4v) is 6.85. The molecule has 2 aromatic rings. The molecule has 5 rings (SSSR count). The summed E-state index contributed by atoms with van der Waals surface area (Å²) in [6.45, 7) is 3.97. The number of nitrogens with zero attached hydrogens (tertiary/aromatic N) is 2. The Morgan fingerprint density at radius 1 is 1.25 bits per heavy atom. The molecule has 3 atom stereocenters. The van der Waals surface area contributed by atoms with Gasteiger partial charge in [-0.1, -0.05) is 18.7 Å². The lowest BCUT2D eigenvalue weighted by Gasteiger charge is -2.18. The quantitative estimate of drug-likeness (QED) is 0.559. The smallest absolute Gasteiger partial charge is 0.319 e. The molecule has 2 saturated heterocycles. The van der Waals surface area contributed by atoms with E-state index < -0.39 is 0 Å². The number of esters is 1. The molecule has 8 heteroatoms. The van der Waals surface area contributed by atoms with Crippen LogP contribution in [0.4, 0.5) is 0 Å². The number of aromatic nitrogens is 2. The van der Waals surface area contributed by atoms with Gasteiger partial charge >= 0.3 is 5.97 Å². The third kappa shape index (κ3) is 3.29. The molecule has 2 aliphatic heterocycles. The average Bonchev–Trinajstić information content (AvgIpc) is 3.39. The lowest BCUT2D eigenvalue weighted by molar-refractivity contribution is -0.137. The van der Waals surface area contributed by atoms with Crippen LogP contribution in [0.2, 0.25) is 0 Å². The lowest BCUT2D eigenvalue weighted by atomic mass is 9.89. The Hall–Kier alpha value is -1.38. The highest BCUT2D eigenvalue weighted by molar-refractivity contribution is 8.00. The van der Waals surface area contributed by atoms with Gasteiger partial charge in [-0.25, -0.2) is 4.98 Å². The van der Waals surface area contributed by atoms with Gasteiger partial charge in [-0.05, 0) is 43.6 Å². The van der Waals surface area contributed by atoms with E-state index in [1.54, 1.807) is 15.9 Å². The number of hydrogen-bond donors (Lipinski definition) is 0. The van der Waals surface area contributed by atoms with Crippen LogP contribution in [0.1, 0.15) is 43.0 Å². The highest BCUT2D eigenvalue weighted by atomic mass is 32.2. The zero-order chi connectivity index (χ0) is 19.3. The second-order valence-corrected chi connectivity index (χ2v) is 10.3. The zero-order valence-corrected chi connectivity index (χ0v) is 17.6. The first-order valence-corrected chi connectivity index (χ1v) is 11.8. The van der Waals surface area contributed by atoms with Crippen molar-refractivity contribution in [3.05, 3.63) is 20.8 Å². The molecular weight excluding hydrogens is 396 g/mol. The summed E-state index contributed by atoms with van der Waals surface area (Å²) in [6, 6.07) is 0. The van der Waals surface area contributed by atoms with Crippen molar-refractivity contribution in [1.29, 1.82) is 0 Å². The number of aryl methyl sites for hydroxylation is 1. The number of thioether (sulfide) groups is 1. The molecular formula is C20H24N2O4S2. The van der Waals surface area contributed by atoms with Gasteiger partial charge in [0.1, 0.15) is 10.1 Å². The van der Waals surface area contributed by atoms with Crippen molar-refractivity contribution in [3.8, 4) is 0 Å². The Balaban J connectivity index is 1.61. The van der Waals surface area contributed by atoms with Crippen LogP contribution in [0.3, 0.4) is 0 Å². The maximum Gasteiger partial charge on any atom is 0.319 e. The number of carbonyl (C=O) groups excluding carboxylic acids is 1. The molecule has 0 spiro atoms. The second-order valence-electron chi connectivity index (χ2n) is 8.04. The van der Waals surface area contributed by atoms with E-state index >= 15 is 0 Å². The van der Waals surface area contributed by atoms with Gasteiger partial charge in [0.2, 0.25) is 0 Å². The number of ether oxygens (including phenoxy) is 2. The van der Waals surface area contributed by atoms with Crippen LogP contribution in [0, 0.1) is 5.92 Å². The summed E-state index contributed by atoms with van der Waals surface area (Å²) in [5, 5.41) is 1.14. The number of rotatable bonds is 4. The number of hydrogen-bond acceptors (Lipinski definition) is 7. The van der Waals surface area contributed by atoms with Crippen LogP contribution in [0.5, 0.6) is 0 Å². The molecule has 0 N–H and O–H groups in total. The molecule has 0 unspecified atom stereocenters. The van der Waals surface area contributed by atoms with E-state index in [1.807, 2.05) is 0 Å². The maximum absolute atomic E-state index is 13.6. The predicted octanol–water partition coefficient (Wildman–Crippen LogP) is 3.17. The Bertz CT molecular complexity index is 977. The van der Waals surface area contributed by atoms with Crippen LogP contribution in [0.15, 0.2) is 9.95 Å². The summed E-state index contributed by atoms with van der Waals surface area (Å²) in [5.74, 6) is 0.444. The molecule has 0 radical (unpaired) electrons. The SMILES string of the molecule is C[C@@H]1CCc2c(sc3nc(S[C@@H]4CCOC4=O)n(C[C@@H]4CCCO4)c(=O)c23)C1. The summed E-state index contributed by atoms with van der Waals surface area (Å²) >= 11 is 3.03. The van der Waals surface area contributed by atoms with Crippen molar-refractivity contribution >= 4 is 39.3 Å². The van der Waals surface area contributed by atoms with Crippen molar-refractivity contribution in [2.75, 3.05) is 13.2 Å². The van der Waals surface area contributed by atoms with E-state index in [4.69, 9.17) is 14.5 Å². The van der Waals surface area contributed by atoms with Crippen molar-refractivity contribution < 1.29 is 14.3 Å². The van der Waals surface area contributed by atoms with E-state index in [0.717, 1.165) is 48.9 Å². The van der Waals surface area contributed by atoms with Gasteiger partial charge in [0.25, 0.3) is 5.56 Å². The minimum absolute atomic E-state index is 0.0291. The highest BCUT2D eigenvalue weighted by Gasteiger charge is 2.31. The molecule has 2 fully saturated rings. The van der Waals surface area contributed by atoms with Gasteiger partial charge in [0.15, 0.2) is 5.16 Å². The van der Waals surface area contributed by atoms with E-state index in [1.165, 1.54) is 22.2 Å². The van der Waals surface area contributed by atoms with Gasteiger partial charge in [-0.2, -0.15) is 0 Å². The zero-order valence-electron chi connectivity index (χ0n) is 15.9. The van der Waals surface area contributed by atoms with E-state index in [-0.39, 0.29) is 22.9 Å². The molecule has 1 aliphatic carbocycles. The molecule has 6 nitrogen and oxygen atoms in total. The second kappa shape index (κ2) is 7.46. The van der Waals surface area contributed by atoms with Gasteiger partial charge in [0.05, 0.1) is 24.6 Å². The Labute approximate surface area is 171 Å². The summed E-state index contributed by atoms with van der Waals surface area (Å²) in [7, 11) is 0. The minimum Gasteiger partial charge on any atom is -0.465 e. The van der Waals surface area contributed by atoms with Gasteiger partial charge in [-0.3, -0.25) is 14.2 Å². The highest BCUT2D eigenvalue weighted by Crippen LogP contribution is 2.37. The van der Waals surface area contributed by atoms with Crippen molar-refractivity contribution in [2.24, 2.45) is 5.92 Å². The molecule has 3 aliphatic rings. The summed E-state index contributed by atoms with van der Waals surface area (Å²) in [4.78, 5) is 32.6. The fraction of sp³-hybridized carbons (Fsp3) is 0.650. The number of cyclic esters (lactones) is 1. The number of thiophene rings is 1. The molecule has 0 bridgehead atoms. The third-order valence-corrected chi connectivity index (χ3v) is 8.31. The summed E-state index contributed by atoms with van der Waals surface area (Å²) < 4.78 is 12.7. The summed E-state index contributed by atoms with van der Waals surface area (Å²) in [5.41, 5.74) is 1.23. The Morgan fingerprint density at radius 3 is 2.89 bits per heavy atom. The van der Waals surface area contributed by atoms with Crippen LogP contribution in [-0.4, -0.2) is 40.1 Å². The molecule has 0 saturated carbocycles. The first-order chi connectivity index (χ1) is 13.6. The van der Waals surface area contributed by atoms with E-state index in [9.17, 15) is 9.59 Å². The average molecular weight is 421 g/mol. The summed E-state index contributed by atoms with van der Waals surface area (Å²) in [6.07, 6.45) is 5.79. The number of carbonyl (C=O) groups is 1. The molecule has 28 heavy (non-hydrogen) atoms. The largest absolute Gasteiger partial charge is 0.465 e. The van der Waals surface area contributed by atoms with Crippen LogP contribution in [0.25, 0.3) is 10.2 Å². The molecule has 2 aromatic heterocycles. The molecule has 4 heterocycles. The lowest BCUT2D eigenvalue weighted by Crippen LogP contribution is -2.30. The van der Waals surface area contributed by atoms with Gasteiger partial charge in [0, 0.05) is 17.9 Å². The molecule has 150 valence electrons. The fourth-order valence-electron chi connectivity index (χ4n) is 4.36. The van der Waals surface area contributed by atoms with Crippen molar-refractivity contribution in [2.45, 2.75) is 68.5 Å². The van der Waals surface area contributed by atoms with Crippen LogP contribution in [-0.2, 0) is 33.7 Å². The normalized spacial score (nSPS) is 27.3. The standard InChI is InChI=1S/C20H24N2O4S2/c1-11-4-5-13-15(9-11)27-17-16(13)18(23)22(10-12-3-2-7-25-12)20(21-17)28-14-6-8-26-19(14)24/h11-12,14H,2-10H2,1H3/t11-,12+,14-/m1/s1. The topological polar surface area (TPSA) is 70.4 Å². The molecule has 0 aromatic carbocycles. The van der Waals surface area contributed by atoms with Gasteiger partial charge in [-0.15, -0.1) is 11.3 Å². The Morgan fingerprint density at radius 2 is 2.14 bits per heavy atom. The predicted molar refractivity (Wildman–Crippen MR) is 109 cm³/mol.